The highest BCUT2D eigenvalue weighted by atomic mass is 32.1. The summed E-state index contributed by atoms with van der Waals surface area (Å²) in [6, 6.07) is 9.59. The van der Waals surface area contributed by atoms with E-state index in [0.717, 1.165) is 28.2 Å². The molecule has 1 aliphatic heterocycles. The highest BCUT2D eigenvalue weighted by Crippen LogP contribution is 2.19. The second-order valence-corrected chi connectivity index (χ2v) is 7.43. The van der Waals surface area contributed by atoms with Gasteiger partial charge in [-0.15, -0.1) is 11.3 Å². The molecule has 1 aliphatic rings. The first-order valence-corrected chi connectivity index (χ1v) is 9.70. The topological polar surface area (TPSA) is 49.9 Å². The lowest BCUT2D eigenvalue weighted by Crippen LogP contribution is -2.37. The Kier molecular flexibility index (Phi) is 5.93. The number of methoxy groups -OCH3 is 1. The van der Waals surface area contributed by atoms with Gasteiger partial charge in [-0.3, -0.25) is 9.59 Å². The molecule has 0 aliphatic carbocycles. The fourth-order valence-electron chi connectivity index (χ4n) is 3.26. The molecule has 6 heteroatoms. The first-order valence-electron chi connectivity index (χ1n) is 8.82. The van der Waals surface area contributed by atoms with E-state index in [4.69, 9.17) is 4.74 Å². The molecule has 0 saturated carbocycles. The van der Waals surface area contributed by atoms with E-state index < -0.39 is 0 Å². The monoisotopic (exact) mass is 372 g/mol. The van der Waals surface area contributed by atoms with Crippen LogP contribution >= 0.6 is 11.3 Å². The highest BCUT2D eigenvalue weighted by molar-refractivity contribution is 7.12. The number of amides is 2. The zero-order chi connectivity index (χ0) is 18.5. The molecule has 1 aromatic heterocycles. The minimum Gasteiger partial charge on any atom is -0.496 e. The maximum atomic E-state index is 12.7. The number of carbonyl (C=O) groups is 2. The number of hydrogen-bond donors (Lipinski definition) is 0. The Balaban J connectivity index is 1.59. The van der Waals surface area contributed by atoms with Crippen molar-refractivity contribution in [2.75, 3.05) is 33.3 Å². The summed E-state index contributed by atoms with van der Waals surface area (Å²) in [6.45, 7) is 4.55. The van der Waals surface area contributed by atoms with Gasteiger partial charge in [0.2, 0.25) is 5.91 Å². The average molecular weight is 372 g/mol. The Morgan fingerprint density at radius 3 is 2.58 bits per heavy atom. The summed E-state index contributed by atoms with van der Waals surface area (Å²) < 4.78 is 5.27. The molecule has 1 fully saturated rings. The van der Waals surface area contributed by atoms with Gasteiger partial charge in [0.15, 0.2) is 0 Å². The van der Waals surface area contributed by atoms with Gasteiger partial charge in [0.1, 0.15) is 5.75 Å². The normalized spacial score (nSPS) is 14.8. The van der Waals surface area contributed by atoms with E-state index >= 15 is 0 Å². The van der Waals surface area contributed by atoms with Crippen LogP contribution in [0.15, 0.2) is 35.7 Å². The Hall–Kier alpha value is -2.34. The molecule has 1 aromatic carbocycles. The number of rotatable bonds is 4. The number of carbonyl (C=O) groups excluding carboxylic acids is 2. The van der Waals surface area contributed by atoms with Crippen molar-refractivity contribution < 1.29 is 14.3 Å². The molecule has 1 saturated heterocycles. The molecule has 0 unspecified atom stereocenters. The molecule has 0 radical (unpaired) electrons. The SMILES string of the molecule is COc1ccc(CC(=O)N2CCCN(C(=O)c3cccs3)CC2)cc1C. The van der Waals surface area contributed by atoms with Crippen LogP contribution in [-0.2, 0) is 11.2 Å². The first kappa shape index (κ1) is 18.5. The van der Waals surface area contributed by atoms with Gasteiger partial charge in [-0.2, -0.15) is 0 Å². The predicted octanol–water partition coefficient (Wildman–Crippen LogP) is 2.98. The quantitative estimate of drug-likeness (QED) is 0.829. The van der Waals surface area contributed by atoms with Crippen LogP contribution in [0.2, 0.25) is 0 Å². The minimum absolute atomic E-state index is 0.0695. The van der Waals surface area contributed by atoms with Crippen molar-refractivity contribution in [3.8, 4) is 5.75 Å². The molecule has 0 atom stereocenters. The van der Waals surface area contributed by atoms with Gasteiger partial charge in [0, 0.05) is 26.2 Å². The van der Waals surface area contributed by atoms with E-state index in [1.54, 1.807) is 7.11 Å². The minimum atomic E-state index is 0.0695. The highest BCUT2D eigenvalue weighted by Gasteiger charge is 2.23. The van der Waals surface area contributed by atoms with E-state index in [1.165, 1.54) is 11.3 Å². The Morgan fingerprint density at radius 1 is 1.12 bits per heavy atom. The van der Waals surface area contributed by atoms with E-state index in [9.17, 15) is 9.59 Å². The van der Waals surface area contributed by atoms with Gasteiger partial charge in [-0.1, -0.05) is 18.2 Å². The fraction of sp³-hybridized carbons (Fsp3) is 0.400. The van der Waals surface area contributed by atoms with Crippen molar-refractivity contribution in [2.24, 2.45) is 0 Å². The number of hydrogen-bond acceptors (Lipinski definition) is 4. The number of thiophene rings is 1. The Bertz CT molecular complexity index is 773. The van der Waals surface area contributed by atoms with Crippen LogP contribution in [-0.4, -0.2) is 54.9 Å². The van der Waals surface area contributed by atoms with Crippen LogP contribution in [0.4, 0.5) is 0 Å². The molecule has 0 N–H and O–H groups in total. The molecule has 0 bridgehead atoms. The van der Waals surface area contributed by atoms with Gasteiger partial charge in [0.05, 0.1) is 18.4 Å². The van der Waals surface area contributed by atoms with Crippen LogP contribution < -0.4 is 4.74 Å². The predicted molar refractivity (Wildman–Crippen MR) is 103 cm³/mol. The molecule has 0 spiro atoms. The van der Waals surface area contributed by atoms with Gasteiger partial charge in [-0.25, -0.2) is 0 Å². The zero-order valence-corrected chi connectivity index (χ0v) is 16.1. The molecule has 2 heterocycles. The van der Waals surface area contributed by atoms with Crippen LogP contribution in [0.1, 0.15) is 27.2 Å². The number of nitrogens with zero attached hydrogens (tertiary/aromatic N) is 2. The molecule has 26 heavy (non-hydrogen) atoms. The summed E-state index contributed by atoms with van der Waals surface area (Å²) in [6.07, 6.45) is 1.19. The Morgan fingerprint density at radius 2 is 1.88 bits per heavy atom. The molecule has 5 nitrogen and oxygen atoms in total. The third kappa shape index (κ3) is 4.25. The van der Waals surface area contributed by atoms with Crippen molar-refractivity contribution in [1.82, 2.24) is 9.80 Å². The van der Waals surface area contributed by atoms with Crippen LogP contribution in [0, 0.1) is 6.92 Å². The standard InChI is InChI=1S/C20H24N2O3S/c1-15-13-16(6-7-17(15)25-2)14-19(23)21-8-4-9-22(11-10-21)20(24)18-5-3-12-26-18/h3,5-7,12-13H,4,8-11,14H2,1-2H3. The van der Waals surface area contributed by atoms with Crippen molar-refractivity contribution in [2.45, 2.75) is 19.8 Å². The number of ether oxygens (including phenoxy) is 1. The Labute approximate surface area is 158 Å². The lowest BCUT2D eigenvalue weighted by atomic mass is 10.1. The van der Waals surface area contributed by atoms with Crippen molar-refractivity contribution in [3.05, 3.63) is 51.7 Å². The second kappa shape index (κ2) is 8.36. The summed E-state index contributed by atoms with van der Waals surface area (Å²) in [5.41, 5.74) is 2.02. The smallest absolute Gasteiger partial charge is 0.263 e. The number of benzene rings is 1. The lowest BCUT2D eigenvalue weighted by molar-refractivity contribution is -0.130. The molecular weight excluding hydrogens is 348 g/mol. The third-order valence-corrected chi connectivity index (χ3v) is 5.54. The van der Waals surface area contributed by atoms with Crippen LogP contribution in [0.3, 0.4) is 0 Å². The average Bonchev–Trinajstić information content (AvgIpc) is 3.05. The van der Waals surface area contributed by atoms with Crippen LogP contribution in [0.25, 0.3) is 0 Å². The van der Waals surface area contributed by atoms with Gasteiger partial charge >= 0.3 is 0 Å². The molecule has 2 amide bonds. The van der Waals surface area contributed by atoms with Crippen molar-refractivity contribution >= 4 is 23.2 Å². The van der Waals surface area contributed by atoms with Crippen molar-refractivity contribution in [1.29, 1.82) is 0 Å². The fourth-order valence-corrected chi connectivity index (χ4v) is 3.95. The summed E-state index contributed by atoms with van der Waals surface area (Å²) in [4.78, 5) is 29.7. The first-order chi connectivity index (χ1) is 12.6. The summed E-state index contributed by atoms with van der Waals surface area (Å²) in [5, 5.41) is 1.91. The molecule has 3 rings (SSSR count). The second-order valence-electron chi connectivity index (χ2n) is 6.48. The summed E-state index contributed by atoms with van der Waals surface area (Å²) in [7, 11) is 1.65. The molecule has 2 aromatic rings. The summed E-state index contributed by atoms with van der Waals surface area (Å²) >= 11 is 1.46. The summed E-state index contributed by atoms with van der Waals surface area (Å²) in [5.74, 6) is 1.01. The molecule has 138 valence electrons. The van der Waals surface area contributed by atoms with Gasteiger partial charge in [0.25, 0.3) is 5.91 Å². The van der Waals surface area contributed by atoms with E-state index in [2.05, 4.69) is 0 Å². The molecular formula is C20H24N2O3S. The third-order valence-electron chi connectivity index (χ3n) is 4.68. The van der Waals surface area contributed by atoms with E-state index in [1.807, 2.05) is 52.4 Å². The van der Waals surface area contributed by atoms with Crippen molar-refractivity contribution in [3.63, 3.8) is 0 Å². The van der Waals surface area contributed by atoms with Gasteiger partial charge in [-0.05, 0) is 42.0 Å². The zero-order valence-electron chi connectivity index (χ0n) is 15.2. The van der Waals surface area contributed by atoms with Gasteiger partial charge < -0.3 is 14.5 Å². The van der Waals surface area contributed by atoms with E-state index in [0.29, 0.717) is 32.6 Å². The lowest BCUT2D eigenvalue weighted by Gasteiger charge is -2.22. The number of aryl methyl sites for hydroxylation is 1. The van der Waals surface area contributed by atoms with E-state index in [-0.39, 0.29) is 11.8 Å². The van der Waals surface area contributed by atoms with Crippen LogP contribution in [0.5, 0.6) is 5.75 Å². The maximum absolute atomic E-state index is 12.7. The maximum Gasteiger partial charge on any atom is 0.263 e. The largest absolute Gasteiger partial charge is 0.496 e.